The van der Waals surface area contributed by atoms with Gasteiger partial charge in [0.05, 0.1) is 6.04 Å². The summed E-state index contributed by atoms with van der Waals surface area (Å²) in [5, 5.41) is 8.17. The molecular weight excluding hydrogens is 619 g/mol. The average molecular weight is 676 g/mol. The molecule has 6 rings (SSSR count). The zero-order chi connectivity index (χ0) is 34.7. The molecule has 5 N–H and O–H groups in total. The third-order valence-electron chi connectivity index (χ3n) is 11.1. The lowest BCUT2D eigenvalue weighted by Crippen LogP contribution is -2.64. The highest BCUT2D eigenvalue weighted by Gasteiger charge is 2.40. The summed E-state index contributed by atoms with van der Waals surface area (Å²) in [7, 11) is 0. The molecule has 3 atom stereocenters. The van der Waals surface area contributed by atoms with Crippen molar-refractivity contribution in [3.63, 3.8) is 0 Å². The second-order valence-electron chi connectivity index (χ2n) is 14.8. The number of hydrogen-bond donors (Lipinski definition) is 3. The van der Waals surface area contributed by atoms with E-state index in [1.54, 1.807) is 0 Å². The lowest BCUT2D eigenvalue weighted by Gasteiger charge is -2.48. The zero-order valence-electron chi connectivity index (χ0n) is 29.8. The number of fused-ring (bicyclic) bond motifs is 2. The van der Waals surface area contributed by atoms with Gasteiger partial charge < -0.3 is 26.6 Å². The Hall–Kier alpha value is -3.78. The first-order valence-corrected chi connectivity index (χ1v) is 19.2. The summed E-state index contributed by atoms with van der Waals surface area (Å²) >= 11 is 0. The molecule has 0 radical (unpaired) electrons. The summed E-state index contributed by atoms with van der Waals surface area (Å²) in [5.41, 5.74) is 14.7. The van der Waals surface area contributed by atoms with Gasteiger partial charge in [-0.3, -0.25) is 9.59 Å². The van der Waals surface area contributed by atoms with Gasteiger partial charge in [0.15, 0.2) is 0 Å². The molecule has 7 heteroatoms. The number of amides is 2. The van der Waals surface area contributed by atoms with Gasteiger partial charge in [0.25, 0.3) is 0 Å². The van der Waals surface area contributed by atoms with Crippen LogP contribution >= 0.6 is 0 Å². The van der Waals surface area contributed by atoms with Gasteiger partial charge in [-0.05, 0) is 77.2 Å². The number of hydrogen-bond acceptors (Lipinski definition) is 5. The lowest BCUT2D eigenvalue weighted by atomic mass is 9.83. The van der Waals surface area contributed by atoms with Crippen LogP contribution in [0.4, 0.5) is 0 Å². The number of carbonyl (C=O) groups excluding carboxylic acids is 2. The van der Waals surface area contributed by atoms with E-state index < -0.39 is 6.04 Å². The molecule has 4 aromatic carbocycles. The Kier molecular flexibility index (Phi) is 12.9. The summed E-state index contributed by atoms with van der Waals surface area (Å²) in [6.07, 6.45) is 11.7. The third kappa shape index (κ3) is 9.51. The summed E-state index contributed by atoms with van der Waals surface area (Å²) in [6, 6.07) is 28.9. The first kappa shape index (κ1) is 36.0. The molecule has 0 bridgehead atoms. The van der Waals surface area contributed by atoms with E-state index in [1.165, 1.54) is 53.8 Å². The molecule has 50 heavy (non-hydrogen) atoms. The monoisotopic (exact) mass is 675 g/mol. The SMILES string of the molecule is NCCNCCCCC1CN(C(=O)C(N)Cc2ccc3ccccc3c2)[C@H](CC2CCCCC2)CN1C(=O)CCc1ccc2ccccc2c1. The number of nitrogens with zero attached hydrogens (tertiary/aromatic N) is 2. The van der Waals surface area contributed by atoms with Crippen LogP contribution in [-0.4, -0.2) is 72.5 Å². The molecule has 4 aromatic rings. The van der Waals surface area contributed by atoms with Gasteiger partial charge in [0.1, 0.15) is 0 Å². The molecule has 0 aromatic heterocycles. The molecule has 0 spiro atoms. The van der Waals surface area contributed by atoms with Crippen molar-refractivity contribution < 1.29 is 9.59 Å². The maximum absolute atomic E-state index is 14.4. The van der Waals surface area contributed by atoms with Gasteiger partial charge >= 0.3 is 0 Å². The maximum Gasteiger partial charge on any atom is 0.240 e. The minimum Gasteiger partial charge on any atom is -0.336 e. The van der Waals surface area contributed by atoms with Crippen molar-refractivity contribution in [3.05, 3.63) is 96.1 Å². The number of benzene rings is 4. The average Bonchev–Trinajstić information content (AvgIpc) is 3.15. The minimum absolute atomic E-state index is 0.0136. The van der Waals surface area contributed by atoms with Gasteiger partial charge in [0.2, 0.25) is 11.8 Å². The second kappa shape index (κ2) is 17.9. The van der Waals surface area contributed by atoms with E-state index in [1.807, 2.05) is 12.1 Å². The highest BCUT2D eigenvalue weighted by Crippen LogP contribution is 2.32. The largest absolute Gasteiger partial charge is 0.336 e. The van der Waals surface area contributed by atoms with Crippen LogP contribution in [0.1, 0.15) is 75.3 Å². The number of rotatable bonds is 15. The molecule has 2 unspecified atom stereocenters. The van der Waals surface area contributed by atoms with Crippen LogP contribution in [0.5, 0.6) is 0 Å². The van der Waals surface area contributed by atoms with E-state index in [0.717, 1.165) is 49.7 Å². The molecule has 2 aliphatic rings. The van der Waals surface area contributed by atoms with Gasteiger partial charge in [0, 0.05) is 44.7 Å². The Labute approximate surface area is 298 Å². The van der Waals surface area contributed by atoms with Crippen LogP contribution in [0.15, 0.2) is 84.9 Å². The quantitative estimate of drug-likeness (QED) is 0.123. The number of piperazine rings is 1. The van der Waals surface area contributed by atoms with Gasteiger partial charge in [-0.1, -0.05) is 123 Å². The Morgan fingerprint density at radius 3 is 2.08 bits per heavy atom. The number of aryl methyl sites for hydroxylation is 1. The molecule has 266 valence electrons. The van der Waals surface area contributed by atoms with E-state index in [9.17, 15) is 9.59 Å². The fourth-order valence-electron chi connectivity index (χ4n) is 8.35. The van der Waals surface area contributed by atoms with Crippen molar-refractivity contribution in [1.82, 2.24) is 15.1 Å². The topological polar surface area (TPSA) is 105 Å². The summed E-state index contributed by atoms with van der Waals surface area (Å²) in [6.45, 7) is 3.49. The van der Waals surface area contributed by atoms with E-state index in [-0.39, 0.29) is 23.9 Å². The van der Waals surface area contributed by atoms with Crippen LogP contribution in [0, 0.1) is 5.92 Å². The molecule has 7 nitrogen and oxygen atoms in total. The minimum atomic E-state index is -0.624. The normalized spacial score (nSPS) is 19.2. The summed E-state index contributed by atoms with van der Waals surface area (Å²) < 4.78 is 0. The first-order chi connectivity index (χ1) is 24.5. The number of nitrogens with two attached hydrogens (primary N) is 2. The zero-order valence-corrected chi connectivity index (χ0v) is 29.8. The van der Waals surface area contributed by atoms with Crippen molar-refractivity contribution in [3.8, 4) is 0 Å². The van der Waals surface area contributed by atoms with Crippen LogP contribution < -0.4 is 16.8 Å². The van der Waals surface area contributed by atoms with E-state index in [0.29, 0.717) is 44.8 Å². The van der Waals surface area contributed by atoms with E-state index in [4.69, 9.17) is 11.5 Å². The predicted octanol–water partition coefficient (Wildman–Crippen LogP) is 6.59. The van der Waals surface area contributed by atoms with Crippen molar-refractivity contribution in [2.75, 3.05) is 32.7 Å². The molecule has 1 saturated heterocycles. The van der Waals surface area contributed by atoms with Crippen molar-refractivity contribution >= 4 is 33.4 Å². The van der Waals surface area contributed by atoms with Crippen LogP contribution in [0.3, 0.4) is 0 Å². The molecule has 1 heterocycles. The molecule has 1 aliphatic carbocycles. The van der Waals surface area contributed by atoms with Crippen LogP contribution in [0.25, 0.3) is 21.5 Å². The molecule has 1 saturated carbocycles. The van der Waals surface area contributed by atoms with Crippen molar-refractivity contribution in [2.24, 2.45) is 17.4 Å². The number of nitrogens with one attached hydrogen (secondary N) is 1. The summed E-state index contributed by atoms with van der Waals surface area (Å²) in [4.78, 5) is 32.8. The highest BCUT2D eigenvalue weighted by molar-refractivity contribution is 5.86. The maximum atomic E-state index is 14.4. The first-order valence-electron chi connectivity index (χ1n) is 19.2. The Morgan fingerprint density at radius 1 is 0.740 bits per heavy atom. The van der Waals surface area contributed by atoms with Gasteiger partial charge in [-0.2, -0.15) is 0 Å². The number of carbonyl (C=O) groups is 2. The van der Waals surface area contributed by atoms with Crippen molar-refractivity contribution in [2.45, 2.75) is 95.2 Å². The Morgan fingerprint density at radius 2 is 1.38 bits per heavy atom. The predicted molar refractivity (Wildman–Crippen MR) is 206 cm³/mol. The van der Waals surface area contributed by atoms with Crippen LogP contribution in [0.2, 0.25) is 0 Å². The fraction of sp³-hybridized carbons (Fsp3) is 0.488. The van der Waals surface area contributed by atoms with Crippen LogP contribution in [-0.2, 0) is 22.4 Å². The Balaban J connectivity index is 1.19. The lowest BCUT2D eigenvalue weighted by molar-refractivity contribution is -0.148. The molecule has 2 amide bonds. The molecule has 2 fully saturated rings. The van der Waals surface area contributed by atoms with Gasteiger partial charge in [-0.25, -0.2) is 0 Å². The summed E-state index contributed by atoms with van der Waals surface area (Å²) in [5.74, 6) is 0.808. The standard InChI is InChI=1S/C43H57N5O2/c44-23-25-46-24-9-8-16-39-30-48(43(50)41(45)29-34-18-21-36-13-5-7-15-38(36)27-34)40(28-32-10-2-1-3-11-32)31-47(39)42(49)22-19-33-17-20-35-12-4-6-14-37(35)26-33/h4-7,12-15,17-18,20-21,26-27,32,39-41,46H,1-3,8-11,16,19,22-25,28-31,44-45H2/t39?,40-,41?/m1/s1. The Bertz CT molecular complexity index is 1700. The third-order valence-corrected chi connectivity index (χ3v) is 11.1. The highest BCUT2D eigenvalue weighted by atomic mass is 16.2. The second-order valence-corrected chi connectivity index (χ2v) is 14.8. The molecular formula is C43H57N5O2. The molecule has 1 aliphatic heterocycles. The number of unbranched alkanes of at least 4 members (excludes halogenated alkanes) is 1. The van der Waals surface area contributed by atoms with Crippen molar-refractivity contribution in [1.29, 1.82) is 0 Å². The van der Waals surface area contributed by atoms with E-state index in [2.05, 4.69) is 87.9 Å². The van der Waals surface area contributed by atoms with E-state index >= 15 is 0 Å². The fourth-order valence-corrected chi connectivity index (χ4v) is 8.35. The van der Waals surface area contributed by atoms with Gasteiger partial charge in [-0.15, -0.1) is 0 Å². The smallest absolute Gasteiger partial charge is 0.240 e.